The molecule has 0 aliphatic carbocycles. The number of rotatable bonds is 2. The van der Waals surface area contributed by atoms with Gasteiger partial charge in [-0.25, -0.2) is 9.37 Å². The van der Waals surface area contributed by atoms with Crippen LogP contribution in [-0.4, -0.2) is 10.9 Å². The maximum Gasteiger partial charge on any atom is 0.256 e. The largest absolute Gasteiger partial charge is 0.396 e. The van der Waals surface area contributed by atoms with Gasteiger partial charge in [-0.05, 0) is 46.6 Å². The van der Waals surface area contributed by atoms with Crippen LogP contribution in [0.25, 0.3) is 0 Å². The number of hydrogen-bond acceptors (Lipinski definition) is 3. The highest BCUT2D eigenvalue weighted by molar-refractivity contribution is 9.10. The van der Waals surface area contributed by atoms with Crippen molar-refractivity contribution in [3.63, 3.8) is 0 Å². The second-order valence-electron chi connectivity index (χ2n) is 4.14. The van der Waals surface area contributed by atoms with Crippen LogP contribution < -0.4 is 11.1 Å². The van der Waals surface area contributed by atoms with Gasteiger partial charge in [0.25, 0.3) is 5.91 Å². The number of nitrogen functional groups attached to an aromatic ring is 1. The highest BCUT2D eigenvalue weighted by atomic mass is 79.9. The second-order valence-corrected chi connectivity index (χ2v) is 5.35. The quantitative estimate of drug-likeness (QED) is 0.634. The van der Waals surface area contributed by atoms with Gasteiger partial charge in [0.2, 0.25) is 0 Å². The maximum atomic E-state index is 13.2. The molecular formula is C13H10BrClFN3O. The summed E-state index contributed by atoms with van der Waals surface area (Å²) in [6.45, 7) is 1.77. The van der Waals surface area contributed by atoms with E-state index < -0.39 is 11.7 Å². The van der Waals surface area contributed by atoms with Crippen molar-refractivity contribution in [1.82, 2.24) is 4.98 Å². The van der Waals surface area contributed by atoms with Gasteiger partial charge in [-0.1, -0.05) is 11.6 Å². The van der Waals surface area contributed by atoms with Gasteiger partial charge in [0.15, 0.2) is 0 Å². The van der Waals surface area contributed by atoms with Gasteiger partial charge in [-0.15, -0.1) is 0 Å². The van der Waals surface area contributed by atoms with Crippen molar-refractivity contribution in [2.75, 3.05) is 11.1 Å². The average Bonchev–Trinajstić information content (AvgIpc) is 2.38. The van der Waals surface area contributed by atoms with Crippen LogP contribution in [0.15, 0.2) is 28.9 Å². The van der Waals surface area contributed by atoms with Crippen molar-refractivity contribution in [3.05, 3.63) is 51.0 Å². The zero-order valence-electron chi connectivity index (χ0n) is 10.4. The summed E-state index contributed by atoms with van der Waals surface area (Å²) in [7, 11) is 0. The van der Waals surface area contributed by atoms with E-state index in [1.807, 2.05) is 0 Å². The van der Waals surface area contributed by atoms with Crippen LogP contribution >= 0.6 is 27.5 Å². The van der Waals surface area contributed by atoms with Gasteiger partial charge < -0.3 is 11.1 Å². The topological polar surface area (TPSA) is 68.0 Å². The van der Waals surface area contributed by atoms with E-state index >= 15 is 0 Å². The Morgan fingerprint density at radius 1 is 1.45 bits per heavy atom. The summed E-state index contributed by atoms with van der Waals surface area (Å²) < 4.78 is 13.6. The molecule has 104 valence electrons. The Balaban J connectivity index is 2.28. The molecule has 2 aromatic rings. The van der Waals surface area contributed by atoms with Gasteiger partial charge in [0, 0.05) is 4.47 Å². The average molecular weight is 359 g/mol. The van der Waals surface area contributed by atoms with Crippen molar-refractivity contribution in [2.24, 2.45) is 0 Å². The smallest absolute Gasteiger partial charge is 0.256 e. The Morgan fingerprint density at radius 2 is 2.15 bits per heavy atom. The lowest BCUT2D eigenvalue weighted by Crippen LogP contribution is -2.13. The summed E-state index contributed by atoms with van der Waals surface area (Å²) in [4.78, 5) is 16.0. The van der Waals surface area contributed by atoms with Crippen LogP contribution in [0.5, 0.6) is 0 Å². The number of pyridine rings is 1. The van der Waals surface area contributed by atoms with Crippen LogP contribution in [0.4, 0.5) is 15.8 Å². The Morgan fingerprint density at radius 3 is 2.80 bits per heavy atom. The number of carbonyl (C=O) groups excluding carboxylic acids is 1. The first-order valence-corrected chi connectivity index (χ1v) is 6.73. The number of hydrogen-bond donors (Lipinski definition) is 2. The highest BCUT2D eigenvalue weighted by Crippen LogP contribution is 2.24. The molecule has 1 heterocycles. The predicted octanol–water partition coefficient (Wildman–Crippen LogP) is 3.78. The Labute approximate surface area is 128 Å². The molecule has 1 aromatic carbocycles. The Hall–Kier alpha value is -1.66. The lowest BCUT2D eigenvalue weighted by Gasteiger charge is -2.09. The number of nitrogens with two attached hydrogens (primary N) is 1. The van der Waals surface area contributed by atoms with Gasteiger partial charge in [0.05, 0.1) is 23.1 Å². The first-order valence-electron chi connectivity index (χ1n) is 5.56. The first kappa shape index (κ1) is 14.7. The third-order valence-corrected chi connectivity index (χ3v) is 3.66. The summed E-state index contributed by atoms with van der Waals surface area (Å²) in [5.74, 6) is -1.01. The van der Waals surface area contributed by atoms with E-state index in [2.05, 4.69) is 26.2 Å². The molecule has 2 rings (SSSR count). The number of carbonyl (C=O) groups is 1. The molecule has 0 spiro atoms. The van der Waals surface area contributed by atoms with E-state index in [0.717, 1.165) is 11.6 Å². The number of halogens is 3. The standard InChI is InChI=1S/C13H10BrClFN3O/c1-6-2-7(5-18-12(6)15)19-13(20)8-3-11(17)10(16)4-9(8)14/h2-5H,17H2,1H3,(H,19,20). The Bertz CT molecular complexity index is 694. The van der Waals surface area contributed by atoms with E-state index in [4.69, 9.17) is 17.3 Å². The number of anilines is 2. The van der Waals surface area contributed by atoms with Crippen molar-refractivity contribution >= 4 is 44.8 Å². The number of nitrogens with zero attached hydrogens (tertiary/aromatic N) is 1. The fraction of sp³-hybridized carbons (Fsp3) is 0.0769. The minimum absolute atomic E-state index is 0.0937. The Kier molecular flexibility index (Phi) is 4.25. The van der Waals surface area contributed by atoms with Crippen molar-refractivity contribution < 1.29 is 9.18 Å². The van der Waals surface area contributed by atoms with E-state index in [1.165, 1.54) is 12.3 Å². The summed E-state index contributed by atoms with van der Waals surface area (Å²) in [5.41, 5.74) is 6.83. The zero-order valence-corrected chi connectivity index (χ0v) is 12.7. The molecule has 0 aliphatic heterocycles. The van der Waals surface area contributed by atoms with Crippen LogP contribution in [0, 0.1) is 12.7 Å². The number of amides is 1. The van der Waals surface area contributed by atoms with E-state index in [1.54, 1.807) is 13.0 Å². The van der Waals surface area contributed by atoms with Crippen LogP contribution in [-0.2, 0) is 0 Å². The lowest BCUT2D eigenvalue weighted by atomic mass is 10.1. The number of nitrogens with one attached hydrogen (secondary N) is 1. The van der Waals surface area contributed by atoms with Crippen LogP contribution in [0.1, 0.15) is 15.9 Å². The SMILES string of the molecule is Cc1cc(NC(=O)c2cc(N)c(F)cc2Br)cnc1Cl. The second kappa shape index (κ2) is 5.76. The van der Waals surface area contributed by atoms with Gasteiger partial charge >= 0.3 is 0 Å². The molecule has 0 saturated carbocycles. The van der Waals surface area contributed by atoms with Gasteiger partial charge in [-0.2, -0.15) is 0 Å². The molecular weight excluding hydrogens is 349 g/mol. The molecule has 1 amide bonds. The summed E-state index contributed by atoms with van der Waals surface area (Å²) in [6.07, 6.45) is 1.44. The molecule has 0 saturated heterocycles. The number of aromatic nitrogens is 1. The summed E-state index contributed by atoms with van der Waals surface area (Å²) in [6, 6.07) is 4.11. The maximum absolute atomic E-state index is 13.2. The molecule has 0 aliphatic rings. The first-order chi connectivity index (χ1) is 9.38. The molecule has 3 N–H and O–H groups in total. The molecule has 0 atom stereocenters. The normalized spacial score (nSPS) is 10.4. The fourth-order valence-corrected chi connectivity index (χ4v) is 2.16. The molecule has 20 heavy (non-hydrogen) atoms. The molecule has 4 nitrogen and oxygen atoms in total. The van der Waals surface area contributed by atoms with Gasteiger partial charge in [0.1, 0.15) is 11.0 Å². The van der Waals surface area contributed by atoms with E-state index in [-0.39, 0.29) is 11.3 Å². The minimum Gasteiger partial charge on any atom is -0.396 e. The van der Waals surface area contributed by atoms with E-state index in [0.29, 0.717) is 15.3 Å². The monoisotopic (exact) mass is 357 g/mol. The number of benzene rings is 1. The zero-order chi connectivity index (χ0) is 14.9. The highest BCUT2D eigenvalue weighted by Gasteiger charge is 2.14. The molecule has 0 bridgehead atoms. The number of aryl methyl sites for hydroxylation is 1. The molecule has 1 aromatic heterocycles. The predicted molar refractivity (Wildman–Crippen MR) is 80.4 cm³/mol. The van der Waals surface area contributed by atoms with Crippen LogP contribution in [0.2, 0.25) is 5.15 Å². The van der Waals surface area contributed by atoms with E-state index in [9.17, 15) is 9.18 Å². The molecule has 0 radical (unpaired) electrons. The molecule has 7 heteroatoms. The van der Waals surface area contributed by atoms with Gasteiger partial charge in [-0.3, -0.25) is 4.79 Å². The third-order valence-electron chi connectivity index (χ3n) is 2.60. The van der Waals surface area contributed by atoms with Crippen LogP contribution in [0.3, 0.4) is 0 Å². The summed E-state index contributed by atoms with van der Waals surface area (Å²) >= 11 is 8.94. The lowest BCUT2D eigenvalue weighted by molar-refractivity contribution is 0.102. The van der Waals surface area contributed by atoms with Crippen molar-refractivity contribution in [1.29, 1.82) is 0 Å². The van der Waals surface area contributed by atoms with Crippen molar-refractivity contribution in [2.45, 2.75) is 6.92 Å². The summed E-state index contributed by atoms with van der Waals surface area (Å²) in [5, 5.41) is 3.02. The molecule has 0 unspecified atom stereocenters. The minimum atomic E-state index is -0.586. The van der Waals surface area contributed by atoms with Crippen molar-refractivity contribution in [3.8, 4) is 0 Å². The molecule has 0 fully saturated rings. The fourth-order valence-electron chi connectivity index (χ4n) is 1.56. The third kappa shape index (κ3) is 3.08.